The van der Waals surface area contributed by atoms with Gasteiger partial charge in [0.1, 0.15) is 0 Å². The van der Waals surface area contributed by atoms with E-state index in [4.69, 9.17) is 19.4 Å². The molecule has 1 saturated carbocycles. The first-order valence-electron chi connectivity index (χ1n) is 2.76. The molecule has 0 saturated heterocycles. The van der Waals surface area contributed by atoms with Crippen LogP contribution in [0.1, 0.15) is 19.3 Å². The summed E-state index contributed by atoms with van der Waals surface area (Å²) in [6, 6.07) is 0. The maximum atomic E-state index is 4.95. The van der Waals surface area contributed by atoms with Crippen LogP contribution in [0.25, 0.3) is 0 Å². The zero-order valence-electron chi connectivity index (χ0n) is 4.87. The molecule has 0 amide bonds. The van der Waals surface area contributed by atoms with E-state index in [1.54, 1.807) is 0 Å². The molecule has 0 aliphatic heterocycles. The molecule has 1 aliphatic rings. The van der Waals surface area contributed by atoms with E-state index in [2.05, 4.69) is 6.92 Å². The van der Waals surface area contributed by atoms with Crippen LogP contribution >= 0.6 is 19.4 Å². The zero-order valence-corrected chi connectivity index (χ0v) is 9.35. The van der Waals surface area contributed by atoms with E-state index >= 15 is 0 Å². The molecule has 1 rings (SSSR count). The van der Waals surface area contributed by atoms with Gasteiger partial charge in [-0.25, -0.2) is 0 Å². The Morgan fingerprint density at radius 1 is 1.50 bits per heavy atom. The fraction of sp³-hybridized carbons (Fsp3) is 0.800. The zero-order chi connectivity index (χ0) is 6.41. The Labute approximate surface area is 66.6 Å². The average molecular weight is 205 g/mol. The van der Waals surface area contributed by atoms with Gasteiger partial charge in [-0.05, 0) is 5.92 Å². The van der Waals surface area contributed by atoms with Gasteiger partial charge in [-0.2, -0.15) is 0 Å². The van der Waals surface area contributed by atoms with Crippen molar-refractivity contribution < 1.29 is 15.1 Å². The van der Waals surface area contributed by atoms with E-state index in [9.17, 15) is 0 Å². The monoisotopic (exact) mass is 203 g/mol. The molecule has 45 valence electrons. The molecule has 0 aromatic carbocycles. The number of hydrogen-bond donors (Lipinski definition) is 0. The number of hydrogen-bond acceptors (Lipinski definition) is 0. The topological polar surface area (TPSA) is 0 Å². The Morgan fingerprint density at radius 2 is 1.88 bits per heavy atom. The summed E-state index contributed by atoms with van der Waals surface area (Å²) in [5, 5.41) is 0. The molecule has 0 nitrogen and oxygen atoms in total. The van der Waals surface area contributed by atoms with Crippen LogP contribution in [0.4, 0.5) is 0 Å². The summed E-state index contributed by atoms with van der Waals surface area (Å²) in [7, 11) is 9.90. The van der Waals surface area contributed by atoms with E-state index < -0.39 is 15.1 Å². The molecule has 1 aliphatic carbocycles. The third-order valence-electron chi connectivity index (χ3n) is 1.11. The van der Waals surface area contributed by atoms with E-state index in [-0.39, 0.29) is 0 Å². The Kier molecular flexibility index (Phi) is 7.28. The van der Waals surface area contributed by atoms with Gasteiger partial charge in [0.05, 0.1) is 0 Å². The van der Waals surface area contributed by atoms with Crippen LogP contribution in [-0.4, -0.2) is 0 Å². The fourth-order valence-corrected chi connectivity index (χ4v) is 0.407. The summed E-state index contributed by atoms with van der Waals surface area (Å²) in [6.45, 7) is 3.75. The van der Waals surface area contributed by atoms with E-state index in [1.165, 1.54) is 19.3 Å². The van der Waals surface area contributed by atoms with Crippen LogP contribution in [0, 0.1) is 12.8 Å². The van der Waals surface area contributed by atoms with Crippen LogP contribution in [0.15, 0.2) is 0 Å². The van der Waals surface area contributed by atoms with Gasteiger partial charge in [-0.15, -0.1) is 0 Å². The molecule has 0 aromatic rings. The van der Waals surface area contributed by atoms with Gasteiger partial charge in [-0.1, -0.05) is 26.2 Å². The molecule has 0 N–H and O–H groups in total. The maximum absolute atomic E-state index is 4.95. The standard InChI is InChI=1S/C5H9.2ClH.Zn/c1-2-5-3-4-5;;;/h5H,1-4H2;2*1H;/q;;;+2/p-2. The van der Waals surface area contributed by atoms with Gasteiger partial charge in [-0.3, -0.25) is 0 Å². The predicted octanol–water partition coefficient (Wildman–Crippen LogP) is 3.00. The van der Waals surface area contributed by atoms with Crippen LogP contribution in [0.5, 0.6) is 0 Å². The molecule has 0 heterocycles. The second-order valence-corrected chi connectivity index (χ2v) is 6.46. The summed E-state index contributed by atoms with van der Waals surface area (Å²) in [4.78, 5) is 0. The quantitative estimate of drug-likeness (QED) is 0.577. The van der Waals surface area contributed by atoms with Crippen LogP contribution < -0.4 is 0 Å². The number of halogens is 2. The van der Waals surface area contributed by atoms with Crippen molar-refractivity contribution >= 4 is 19.4 Å². The molecule has 8 heavy (non-hydrogen) atoms. The molecule has 0 unspecified atom stereocenters. The Balaban J connectivity index is 0.000000145. The average Bonchev–Trinajstić information content (AvgIpc) is 2.48. The van der Waals surface area contributed by atoms with Crippen molar-refractivity contribution in [3.63, 3.8) is 0 Å². The summed E-state index contributed by atoms with van der Waals surface area (Å²) >= 11 is -0.931. The summed E-state index contributed by atoms with van der Waals surface area (Å²) in [6.07, 6.45) is 4.06. The first-order chi connectivity index (χ1) is 3.85. The molecule has 0 bridgehead atoms. The second kappa shape index (κ2) is 6.33. The van der Waals surface area contributed by atoms with E-state index in [0.29, 0.717) is 0 Å². The minimum atomic E-state index is -0.931. The first-order valence-corrected chi connectivity index (χ1v) is 10.6. The van der Waals surface area contributed by atoms with Crippen molar-refractivity contribution in [3.05, 3.63) is 6.92 Å². The van der Waals surface area contributed by atoms with Gasteiger partial charge in [0.25, 0.3) is 0 Å². The van der Waals surface area contributed by atoms with Gasteiger partial charge in [0.2, 0.25) is 0 Å². The van der Waals surface area contributed by atoms with Crippen molar-refractivity contribution in [3.8, 4) is 0 Å². The number of rotatable bonds is 1. The SMILES string of the molecule is [CH2]CC1CC1.[Cl][Zn][Cl]. The summed E-state index contributed by atoms with van der Waals surface area (Å²) in [5.41, 5.74) is 0. The molecule has 0 atom stereocenters. The summed E-state index contributed by atoms with van der Waals surface area (Å²) < 4.78 is 0. The van der Waals surface area contributed by atoms with E-state index in [0.717, 1.165) is 5.92 Å². The van der Waals surface area contributed by atoms with Gasteiger partial charge < -0.3 is 0 Å². The van der Waals surface area contributed by atoms with Crippen molar-refractivity contribution in [1.29, 1.82) is 0 Å². The predicted molar refractivity (Wildman–Crippen MR) is 34.4 cm³/mol. The van der Waals surface area contributed by atoms with Crippen LogP contribution in [-0.2, 0) is 15.1 Å². The molecule has 0 spiro atoms. The van der Waals surface area contributed by atoms with Gasteiger partial charge in [0, 0.05) is 0 Å². The molecular formula is C5H9Cl2Zn. The fourth-order valence-electron chi connectivity index (χ4n) is 0.407. The van der Waals surface area contributed by atoms with Crippen LogP contribution in [0.2, 0.25) is 0 Å². The second-order valence-electron chi connectivity index (χ2n) is 1.83. The minimum absolute atomic E-state index is 0.931. The summed E-state index contributed by atoms with van der Waals surface area (Å²) in [5.74, 6) is 1.02. The Morgan fingerprint density at radius 3 is 1.88 bits per heavy atom. The third kappa shape index (κ3) is 7.20. The molecule has 3 heteroatoms. The molecular weight excluding hydrogens is 196 g/mol. The van der Waals surface area contributed by atoms with Gasteiger partial charge >= 0.3 is 34.5 Å². The van der Waals surface area contributed by atoms with Crippen molar-refractivity contribution in [2.24, 2.45) is 5.92 Å². The van der Waals surface area contributed by atoms with E-state index in [1.807, 2.05) is 0 Å². The van der Waals surface area contributed by atoms with Crippen molar-refractivity contribution in [2.45, 2.75) is 19.3 Å². The van der Waals surface area contributed by atoms with Gasteiger partial charge in [0.15, 0.2) is 0 Å². The molecule has 1 radical (unpaired) electrons. The van der Waals surface area contributed by atoms with Crippen molar-refractivity contribution in [2.75, 3.05) is 0 Å². The van der Waals surface area contributed by atoms with Crippen LogP contribution in [0.3, 0.4) is 0 Å². The Hall–Kier alpha value is 1.20. The molecule has 1 fully saturated rings. The normalized spacial score (nSPS) is 15.9. The molecule has 0 aromatic heterocycles. The van der Waals surface area contributed by atoms with Crippen molar-refractivity contribution in [1.82, 2.24) is 0 Å². The first kappa shape index (κ1) is 9.20. The Bertz CT molecular complexity index is 45.7. The third-order valence-corrected chi connectivity index (χ3v) is 1.11.